The molecule has 0 spiro atoms. The summed E-state index contributed by atoms with van der Waals surface area (Å²) in [6.07, 6.45) is 0.315. The Bertz CT molecular complexity index is 571. The third-order valence-electron chi connectivity index (χ3n) is 3.94. The molecule has 0 N–H and O–H groups in total. The van der Waals surface area contributed by atoms with Gasteiger partial charge in [-0.05, 0) is 64.8 Å². The lowest BCUT2D eigenvalue weighted by Gasteiger charge is -2.41. The summed E-state index contributed by atoms with van der Waals surface area (Å²) in [6.45, 7) is 6.94. The predicted octanol–water partition coefficient (Wildman–Crippen LogP) is 4.33. The quantitative estimate of drug-likeness (QED) is 0.821. The molecule has 1 aromatic carbocycles. The minimum atomic E-state index is -1.65. The van der Waals surface area contributed by atoms with Crippen molar-refractivity contribution in [1.82, 2.24) is 4.90 Å². The van der Waals surface area contributed by atoms with Gasteiger partial charge in [0.15, 0.2) is 5.67 Å². The van der Waals surface area contributed by atoms with Crippen LogP contribution in [-0.2, 0) is 4.74 Å². The van der Waals surface area contributed by atoms with Crippen molar-refractivity contribution in [2.45, 2.75) is 57.8 Å². The third kappa shape index (κ3) is 5.08. The summed E-state index contributed by atoms with van der Waals surface area (Å²) in [6, 6.07) is 5.34. The number of hydrogen-bond donors (Lipinski definition) is 0. The number of piperidine rings is 1. The minimum Gasteiger partial charge on any atom is -0.490 e. The first-order chi connectivity index (χ1) is 11.1. The van der Waals surface area contributed by atoms with E-state index in [1.165, 1.54) is 29.2 Å². The number of rotatable bonds is 3. The average Bonchev–Trinajstić information content (AvgIpc) is 2.48. The Kier molecular flexibility index (Phi) is 5.35. The molecule has 0 saturated carbocycles. The molecule has 1 aliphatic heterocycles. The normalized spacial score (nSPS) is 24.6. The van der Waals surface area contributed by atoms with Gasteiger partial charge in [-0.15, -0.1) is 0 Å². The second-order valence-electron chi connectivity index (χ2n) is 7.39. The van der Waals surface area contributed by atoms with Crippen LogP contribution in [0.4, 0.5) is 13.6 Å². The first-order valence-electron chi connectivity index (χ1n) is 8.15. The van der Waals surface area contributed by atoms with Crippen molar-refractivity contribution in [3.8, 4) is 5.75 Å². The van der Waals surface area contributed by atoms with Crippen LogP contribution in [-0.4, -0.2) is 41.5 Å². The molecule has 134 valence electrons. The fourth-order valence-electron chi connectivity index (χ4n) is 2.59. The Morgan fingerprint density at radius 3 is 2.54 bits per heavy atom. The zero-order chi connectivity index (χ0) is 18.0. The number of alkyl halides is 1. The van der Waals surface area contributed by atoms with Crippen molar-refractivity contribution < 1.29 is 23.0 Å². The SMILES string of the molecule is CC1CC[C@@](F)(COc2ccc(F)cc2)CN1C(=O)OC(C)(C)C. The molecule has 0 radical (unpaired) electrons. The molecular formula is C18H25F2NO3. The van der Waals surface area contributed by atoms with Crippen molar-refractivity contribution in [3.63, 3.8) is 0 Å². The molecule has 2 atom stereocenters. The summed E-state index contributed by atoms with van der Waals surface area (Å²) in [5.74, 6) is 0.0239. The summed E-state index contributed by atoms with van der Waals surface area (Å²) in [4.78, 5) is 13.7. The molecule has 1 fully saturated rings. The summed E-state index contributed by atoms with van der Waals surface area (Å²) in [5.41, 5.74) is -2.28. The number of ether oxygens (including phenoxy) is 2. The number of carbonyl (C=O) groups excluding carboxylic acids is 1. The Labute approximate surface area is 141 Å². The van der Waals surface area contributed by atoms with Crippen molar-refractivity contribution in [2.24, 2.45) is 0 Å². The van der Waals surface area contributed by atoms with Gasteiger partial charge in [-0.3, -0.25) is 0 Å². The Balaban J connectivity index is 1.99. The number of benzene rings is 1. The molecule has 0 aliphatic carbocycles. The molecule has 1 aromatic rings. The van der Waals surface area contributed by atoms with Gasteiger partial charge in [0, 0.05) is 6.04 Å². The van der Waals surface area contributed by atoms with E-state index in [4.69, 9.17) is 9.47 Å². The van der Waals surface area contributed by atoms with Crippen molar-refractivity contribution in [3.05, 3.63) is 30.1 Å². The topological polar surface area (TPSA) is 38.8 Å². The van der Waals surface area contributed by atoms with Crippen LogP contribution in [0.1, 0.15) is 40.5 Å². The maximum Gasteiger partial charge on any atom is 0.410 e. The highest BCUT2D eigenvalue weighted by atomic mass is 19.1. The molecule has 0 bridgehead atoms. The second kappa shape index (κ2) is 6.95. The summed E-state index contributed by atoms with van der Waals surface area (Å²) < 4.78 is 38.8. The van der Waals surface area contributed by atoms with Gasteiger partial charge in [0.2, 0.25) is 0 Å². The van der Waals surface area contributed by atoms with Crippen LogP contribution in [0.15, 0.2) is 24.3 Å². The molecule has 24 heavy (non-hydrogen) atoms. The zero-order valence-corrected chi connectivity index (χ0v) is 14.6. The van der Waals surface area contributed by atoms with E-state index in [9.17, 15) is 9.18 Å². The smallest absolute Gasteiger partial charge is 0.410 e. The maximum atomic E-state index is 15.1. The van der Waals surface area contributed by atoms with Crippen LogP contribution in [0.5, 0.6) is 5.75 Å². The highest BCUT2D eigenvalue weighted by molar-refractivity contribution is 5.68. The summed E-state index contributed by atoms with van der Waals surface area (Å²) in [7, 11) is 0. The lowest BCUT2D eigenvalue weighted by atomic mass is 9.91. The van der Waals surface area contributed by atoms with E-state index in [1.54, 1.807) is 20.8 Å². The number of likely N-dealkylation sites (tertiary alicyclic amines) is 1. The third-order valence-corrected chi connectivity index (χ3v) is 3.94. The second-order valence-corrected chi connectivity index (χ2v) is 7.39. The monoisotopic (exact) mass is 341 g/mol. The van der Waals surface area contributed by atoms with Gasteiger partial charge >= 0.3 is 6.09 Å². The highest BCUT2D eigenvalue weighted by Crippen LogP contribution is 2.31. The average molecular weight is 341 g/mol. The zero-order valence-electron chi connectivity index (χ0n) is 14.6. The lowest BCUT2D eigenvalue weighted by Crippen LogP contribution is -2.55. The summed E-state index contributed by atoms with van der Waals surface area (Å²) in [5, 5.41) is 0. The van der Waals surface area contributed by atoms with Gasteiger partial charge in [-0.2, -0.15) is 0 Å². The molecule has 1 unspecified atom stereocenters. The van der Waals surface area contributed by atoms with Gasteiger partial charge in [-0.1, -0.05) is 0 Å². The Morgan fingerprint density at radius 2 is 1.96 bits per heavy atom. The minimum absolute atomic E-state index is 0.0791. The van der Waals surface area contributed by atoms with E-state index in [0.717, 1.165) is 0 Å². The largest absolute Gasteiger partial charge is 0.490 e. The van der Waals surface area contributed by atoms with Crippen LogP contribution in [0.25, 0.3) is 0 Å². The van der Waals surface area contributed by atoms with Crippen molar-refractivity contribution in [1.29, 1.82) is 0 Å². The van der Waals surface area contributed by atoms with Crippen LogP contribution in [0.3, 0.4) is 0 Å². The molecule has 6 heteroatoms. The number of amides is 1. The molecule has 1 saturated heterocycles. The Morgan fingerprint density at radius 1 is 1.33 bits per heavy atom. The van der Waals surface area contributed by atoms with Crippen LogP contribution < -0.4 is 4.74 Å². The molecule has 2 rings (SSSR count). The Hall–Kier alpha value is -1.85. The van der Waals surface area contributed by atoms with E-state index in [0.29, 0.717) is 18.6 Å². The standard InChI is InChI=1S/C18H25F2NO3/c1-13-9-10-18(20,11-21(13)16(22)24-17(2,3)4)12-23-15-7-5-14(19)6-8-15/h5-8,13H,9-12H2,1-4H3/t13?,18-/m0/s1. The summed E-state index contributed by atoms with van der Waals surface area (Å²) >= 11 is 0. The van der Waals surface area contributed by atoms with E-state index < -0.39 is 17.4 Å². The molecule has 1 heterocycles. The van der Waals surface area contributed by atoms with Gasteiger partial charge in [0.25, 0.3) is 0 Å². The number of hydrogen-bond acceptors (Lipinski definition) is 3. The fraction of sp³-hybridized carbons (Fsp3) is 0.611. The molecule has 4 nitrogen and oxygen atoms in total. The first kappa shape index (κ1) is 18.5. The van der Waals surface area contributed by atoms with Gasteiger partial charge < -0.3 is 14.4 Å². The van der Waals surface area contributed by atoms with E-state index in [2.05, 4.69) is 0 Å². The molecule has 1 aliphatic rings. The van der Waals surface area contributed by atoms with Crippen LogP contribution in [0.2, 0.25) is 0 Å². The van der Waals surface area contributed by atoms with Crippen molar-refractivity contribution >= 4 is 6.09 Å². The van der Waals surface area contributed by atoms with E-state index >= 15 is 4.39 Å². The van der Waals surface area contributed by atoms with Gasteiger partial charge in [0.1, 0.15) is 23.8 Å². The lowest BCUT2D eigenvalue weighted by molar-refractivity contribution is -0.0345. The maximum absolute atomic E-state index is 15.1. The first-order valence-corrected chi connectivity index (χ1v) is 8.15. The molecular weight excluding hydrogens is 316 g/mol. The molecule has 1 amide bonds. The number of carbonyl (C=O) groups is 1. The fourth-order valence-corrected chi connectivity index (χ4v) is 2.59. The van der Waals surface area contributed by atoms with Crippen LogP contribution in [0, 0.1) is 5.82 Å². The number of nitrogens with zero attached hydrogens (tertiary/aromatic N) is 1. The predicted molar refractivity (Wildman–Crippen MR) is 87.4 cm³/mol. The van der Waals surface area contributed by atoms with Crippen molar-refractivity contribution in [2.75, 3.05) is 13.2 Å². The van der Waals surface area contributed by atoms with Gasteiger partial charge in [-0.25, -0.2) is 13.6 Å². The number of halogens is 2. The van der Waals surface area contributed by atoms with E-state index in [-0.39, 0.29) is 25.0 Å². The molecule has 0 aromatic heterocycles. The van der Waals surface area contributed by atoms with Crippen LogP contribution >= 0.6 is 0 Å². The van der Waals surface area contributed by atoms with Gasteiger partial charge in [0.05, 0.1) is 6.54 Å². The van der Waals surface area contributed by atoms with E-state index in [1.807, 2.05) is 6.92 Å². The highest BCUT2D eigenvalue weighted by Gasteiger charge is 2.42.